The first-order chi connectivity index (χ1) is 27.5. The maximum atomic E-state index is 12.7. The van der Waals surface area contributed by atoms with E-state index in [0.717, 1.165) is 109 Å². The zero-order valence-corrected chi connectivity index (χ0v) is 36.9. The highest BCUT2D eigenvalue weighted by molar-refractivity contribution is 5.71. The quantitative estimate of drug-likeness (QED) is 0.0265. The first-order valence-electron chi connectivity index (χ1n) is 23.6. The molecule has 0 aromatic heterocycles. The second kappa shape index (κ2) is 45.1. The number of carbonyl (C=O) groups excluding carboxylic acids is 3. The van der Waals surface area contributed by atoms with Crippen molar-refractivity contribution in [3.63, 3.8) is 0 Å². The zero-order chi connectivity index (χ0) is 40.8. The van der Waals surface area contributed by atoms with Gasteiger partial charge in [0.1, 0.15) is 13.2 Å². The van der Waals surface area contributed by atoms with E-state index in [1.54, 1.807) is 0 Å². The molecule has 0 saturated heterocycles. The lowest BCUT2D eigenvalue weighted by Gasteiger charge is -2.18. The molecule has 0 amide bonds. The second-order valence-electron chi connectivity index (χ2n) is 15.6. The van der Waals surface area contributed by atoms with Crippen molar-refractivity contribution >= 4 is 17.9 Å². The zero-order valence-electron chi connectivity index (χ0n) is 36.9. The highest BCUT2D eigenvalue weighted by Gasteiger charge is 2.19. The fourth-order valence-corrected chi connectivity index (χ4v) is 6.47. The lowest BCUT2D eigenvalue weighted by atomic mass is 10.1. The van der Waals surface area contributed by atoms with E-state index in [2.05, 4.69) is 69.4 Å². The summed E-state index contributed by atoms with van der Waals surface area (Å²) in [6.45, 7) is 6.46. The van der Waals surface area contributed by atoms with Crippen LogP contribution in [0.1, 0.15) is 233 Å². The van der Waals surface area contributed by atoms with Gasteiger partial charge in [0.05, 0.1) is 0 Å². The highest BCUT2D eigenvalue weighted by Crippen LogP contribution is 2.13. The summed E-state index contributed by atoms with van der Waals surface area (Å²) in [4.78, 5) is 37.8. The van der Waals surface area contributed by atoms with E-state index in [9.17, 15) is 14.4 Å². The minimum atomic E-state index is -0.786. The van der Waals surface area contributed by atoms with Crippen LogP contribution in [0.3, 0.4) is 0 Å². The molecule has 0 aromatic rings. The van der Waals surface area contributed by atoms with Crippen molar-refractivity contribution in [2.24, 2.45) is 0 Å². The number of hydrogen-bond acceptors (Lipinski definition) is 6. The van der Waals surface area contributed by atoms with Crippen LogP contribution in [0, 0.1) is 0 Å². The first-order valence-corrected chi connectivity index (χ1v) is 23.6. The average Bonchev–Trinajstić information content (AvgIpc) is 3.19. The maximum Gasteiger partial charge on any atom is 0.306 e. The number of unbranched alkanes of at least 4 members (excludes halogenated alkanes) is 23. The molecule has 0 radical (unpaired) electrons. The number of rotatable bonds is 42. The van der Waals surface area contributed by atoms with E-state index in [1.165, 1.54) is 83.5 Å². The van der Waals surface area contributed by atoms with Crippen molar-refractivity contribution in [1.29, 1.82) is 0 Å². The average molecular weight is 785 g/mol. The maximum absolute atomic E-state index is 12.7. The van der Waals surface area contributed by atoms with Gasteiger partial charge >= 0.3 is 17.9 Å². The minimum Gasteiger partial charge on any atom is -0.462 e. The predicted octanol–water partition coefficient (Wildman–Crippen LogP) is 15.1. The number of allylic oxidation sites excluding steroid dienone is 8. The fraction of sp³-hybridized carbons (Fsp3) is 0.780. The number of ether oxygens (including phenoxy) is 3. The van der Waals surface area contributed by atoms with Gasteiger partial charge in [-0.3, -0.25) is 14.4 Å². The topological polar surface area (TPSA) is 78.9 Å². The van der Waals surface area contributed by atoms with Crippen LogP contribution in [0.4, 0.5) is 0 Å². The van der Waals surface area contributed by atoms with Crippen LogP contribution >= 0.6 is 0 Å². The Morgan fingerprint density at radius 1 is 0.375 bits per heavy atom. The largest absolute Gasteiger partial charge is 0.462 e. The van der Waals surface area contributed by atoms with Gasteiger partial charge in [-0.05, 0) is 96.3 Å². The Hall–Kier alpha value is -2.63. The van der Waals surface area contributed by atoms with Gasteiger partial charge in [-0.1, -0.05) is 166 Å². The van der Waals surface area contributed by atoms with Crippen LogP contribution in [0.2, 0.25) is 0 Å². The number of esters is 3. The van der Waals surface area contributed by atoms with E-state index in [4.69, 9.17) is 14.2 Å². The smallest absolute Gasteiger partial charge is 0.306 e. The van der Waals surface area contributed by atoms with Crippen molar-refractivity contribution < 1.29 is 28.6 Å². The van der Waals surface area contributed by atoms with Crippen LogP contribution < -0.4 is 0 Å². The summed E-state index contributed by atoms with van der Waals surface area (Å²) in [6, 6.07) is 0. The molecule has 0 heterocycles. The minimum absolute atomic E-state index is 0.0879. The van der Waals surface area contributed by atoms with Crippen molar-refractivity contribution in [2.45, 2.75) is 239 Å². The molecule has 0 rings (SSSR count). The summed E-state index contributed by atoms with van der Waals surface area (Å²) in [5.41, 5.74) is 0. The monoisotopic (exact) mass is 785 g/mol. The lowest BCUT2D eigenvalue weighted by molar-refractivity contribution is -0.167. The Morgan fingerprint density at radius 3 is 1.14 bits per heavy atom. The van der Waals surface area contributed by atoms with Crippen LogP contribution in [-0.2, 0) is 28.6 Å². The summed E-state index contributed by atoms with van der Waals surface area (Å²) in [5, 5.41) is 0. The van der Waals surface area contributed by atoms with Gasteiger partial charge in [0.2, 0.25) is 0 Å². The molecule has 0 aliphatic heterocycles. The molecular formula is C50H88O6. The normalized spacial score (nSPS) is 12.4. The molecule has 6 heteroatoms. The third-order valence-electron chi connectivity index (χ3n) is 10.0. The molecule has 56 heavy (non-hydrogen) atoms. The number of carbonyl (C=O) groups is 3. The molecule has 324 valence electrons. The van der Waals surface area contributed by atoms with Gasteiger partial charge in [0.15, 0.2) is 6.10 Å². The highest BCUT2D eigenvalue weighted by atomic mass is 16.6. The Kier molecular flexibility index (Phi) is 43.0. The molecule has 1 atom stereocenters. The third kappa shape index (κ3) is 42.5. The summed E-state index contributed by atoms with van der Waals surface area (Å²) in [6.07, 6.45) is 52.3. The third-order valence-corrected chi connectivity index (χ3v) is 10.0. The van der Waals surface area contributed by atoms with Gasteiger partial charge in [-0.15, -0.1) is 0 Å². The van der Waals surface area contributed by atoms with Gasteiger partial charge < -0.3 is 14.2 Å². The molecule has 1 unspecified atom stereocenters. The van der Waals surface area contributed by atoms with Gasteiger partial charge in [-0.25, -0.2) is 0 Å². The molecule has 0 aliphatic carbocycles. The molecule has 0 aromatic carbocycles. The molecule has 0 bridgehead atoms. The fourth-order valence-electron chi connectivity index (χ4n) is 6.47. The van der Waals surface area contributed by atoms with Crippen molar-refractivity contribution in [3.8, 4) is 0 Å². The van der Waals surface area contributed by atoms with Crippen molar-refractivity contribution in [2.75, 3.05) is 13.2 Å². The van der Waals surface area contributed by atoms with Crippen molar-refractivity contribution in [1.82, 2.24) is 0 Å². The van der Waals surface area contributed by atoms with Crippen LogP contribution in [0.5, 0.6) is 0 Å². The van der Waals surface area contributed by atoms with Gasteiger partial charge in [0.25, 0.3) is 0 Å². The van der Waals surface area contributed by atoms with Crippen LogP contribution in [0.15, 0.2) is 48.6 Å². The van der Waals surface area contributed by atoms with E-state index in [-0.39, 0.29) is 31.1 Å². The van der Waals surface area contributed by atoms with Crippen molar-refractivity contribution in [3.05, 3.63) is 48.6 Å². The number of hydrogen-bond donors (Lipinski definition) is 0. The Morgan fingerprint density at radius 2 is 0.696 bits per heavy atom. The van der Waals surface area contributed by atoms with E-state index in [1.807, 2.05) is 0 Å². The molecule has 0 spiro atoms. The lowest BCUT2D eigenvalue weighted by Crippen LogP contribution is -2.30. The standard InChI is InChI=1S/C50H88O6/c1-4-7-10-13-16-19-22-25-26-29-31-34-37-40-43-49(52)55-46-47(56-50(53)44-41-38-35-32-28-24-21-18-15-12-9-6-3)45-54-48(51)42-39-36-33-30-27-23-20-17-14-11-8-5-2/h9,12,17-18,20-21,26,29,47H,4-8,10-11,13-16,19,22-25,27-28,30-46H2,1-3H3/b12-9-,20-17-,21-18-,29-26-. The Labute approximate surface area is 346 Å². The Balaban J connectivity index is 4.42. The molecule has 6 nitrogen and oxygen atoms in total. The van der Waals surface area contributed by atoms with Gasteiger partial charge in [0, 0.05) is 19.3 Å². The molecule has 0 aliphatic rings. The molecular weight excluding hydrogens is 697 g/mol. The molecule has 0 fully saturated rings. The van der Waals surface area contributed by atoms with E-state index >= 15 is 0 Å². The second-order valence-corrected chi connectivity index (χ2v) is 15.6. The van der Waals surface area contributed by atoms with Crippen LogP contribution in [0.25, 0.3) is 0 Å². The SMILES string of the molecule is CC/C=C\C/C=C\CCCCCCCC(=O)OC(COC(=O)CCCCC/C=C\CCCCCCCCC)COC(=O)CCCCCCC/C=C\CCCCC. The summed E-state index contributed by atoms with van der Waals surface area (Å²) in [7, 11) is 0. The first kappa shape index (κ1) is 53.4. The van der Waals surface area contributed by atoms with E-state index < -0.39 is 6.10 Å². The predicted molar refractivity (Wildman–Crippen MR) is 238 cm³/mol. The molecule has 0 N–H and O–H groups in total. The molecule has 0 saturated carbocycles. The summed E-state index contributed by atoms with van der Waals surface area (Å²) < 4.78 is 16.7. The van der Waals surface area contributed by atoms with Gasteiger partial charge in [-0.2, -0.15) is 0 Å². The Bertz CT molecular complexity index is 996. The van der Waals surface area contributed by atoms with E-state index in [0.29, 0.717) is 19.3 Å². The summed E-state index contributed by atoms with van der Waals surface area (Å²) in [5.74, 6) is -0.928. The van der Waals surface area contributed by atoms with Crippen LogP contribution in [-0.4, -0.2) is 37.2 Å². The summed E-state index contributed by atoms with van der Waals surface area (Å²) >= 11 is 0.